The number of hydrogen-bond acceptors (Lipinski definition) is 3. The number of rotatable bonds is 2. The topological polar surface area (TPSA) is 52.4 Å². The van der Waals surface area contributed by atoms with Crippen molar-refractivity contribution in [3.63, 3.8) is 0 Å². The second-order valence-corrected chi connectivity index (χ2v) is 6.24. The molecule has 4 rings (SSSR count). The highest BCUT2D eigenvalue weighted by Crippen LogP contribution is 2.22. The first-order chi connectivity index (χ1) is 11.5. The van der Waals surface area contributed by atoms with Crippen LogP contribution in [0.25, 0.3) is 16.7 Å². The number of pyridine rings is 1. The van der Waals surface area contributed by atoms with E-state index in [2.05, 4.69) is 20.9 Å². The monoisotopic (exact) mass is 393 g/mol. The second kappa shape index (κ2) is 5.27. The number of aryl methyl sites for hydroxylation is 1. The smallest absolute Gasteiger partial charge is 0.405 e. The van der Waals surface area contributed by atoms with E-state index >= 15 is 0 Å². The van der Waals surface area contributed by atoms with Gasteiger partial charge in [-0.05, 0) is 35.0 Å². The molecular formula is C16H10BrF2N3O2. The van der Waals surface area contributed by atoms with Gasteiger partial charge in [-0.3, -0.25) is 4.57 Å². The number of oxazole rings is 1. The van der Waals surface area contributed by atoms with Gasteiger partial charge in [0.05, 0.1) is 27.9 Å². The maximum atomic E-state index is 13.8. The quantitative estimate of drug-likeness (QED) is 0.522. The molecule has 0 aliphatic heterocycles. The number of halogens is 3. The highest BCUT2D eigenvalue weighted by molar-refractivity contribution is 9.10. The van der Waals surface area contributed by atoms with Gasteiger partial charge in [0, 0.05) is 12.3 Å². The lowest BCUT2D eigenvalue weighted by atomic mass is 10.3. The van der Waals surface area contributed by atoms with Crippen molar-refractivity contribution in [3.05, 3.63) is 68.5 Å². The fourth-order valence-electron chi connectivity index (χ4n) is 2.75. The van der Waals surface area contributed by atoms with Crippen LogP contribution in [0.3, 0.4) is 0 Å². The largest absolute Gasteiger partial charge is 0.420 e. The first-order valence-electron chi connectivity index (χ1n) is 7.06. The Balaban J connectivity index is 1.93. The van der Waals surface area contributed by atoms with Crippen LogP contribution in [-0.4, -0.2) is 14.0 Å². The molecule has 1 aromatic carbocycles. The third-order valence-electron chi connectivity index (χ3n) is 3.92. The van der Waals surface area contributed by atoms with E-state index in [0.29, 0.717) is 22.6 Å². The molecule has 0 amide bonds. The summed E-state index contributed by atoms with van der Waals surface area (Å²) in [5.41, 5.74) is 2.02. The summed E-state index contributed by atoms with van der Waals surface area (Å²) in [5.74, 6) is -1.68. The lowest BCUT2D eigenvalue weighted by molar-refractivity contribution is 0.496. The van der Waals surface area contributed by atoms with Crippen LogP contribution in [-0.2, 0) is 6.54 Å². The van der Waals surface area contributed by atoms with E-state index in [1.807, 2.05) is 0 Å². The summed E-state index contributed by atoms with van der Waals surface area (Å²) in [6.45, 7) is 1.89. The molecule has 122 valence electrons. The third kappa shape index (κ3) is 2.17. The minimum Gasteiger partial charge on any atom is -0.405 e. The van der Waals surface area contributed by atoms with Crippen molar-refractivity contribution in [1.82, 2.24) is 14.0 Å². The number of nitrogens with zero attached hydrogens (tertiary/aromatic N) is 3. The molecule has 0 bridgehead atoms. The molecule has 24 heavy (non-hydrogen) atoms. The summed E-state index contributed by atoms with van der Waals surface area (Å²) >= 11 is 3.14. The highest BCUT2D eigenvalue weighted by atomic mass is 79.9. The van der Waals surface area contributed by atoms with Gasteiger partial charge in [-0.2, -0.15) is 0 Å². The SMILES string of the molecule is Cc1nc2cc(F)c(Br)cn2c1Cn1c(=O)oc2c(F)cccc21. The van der Waals surface area contributed by atoms with Gasteiger partial charge < -0.3 is 8.82 Å². The maximum absolute atomic E-state index is 13.8. The van der Waals surface area contributed by atoms with Gasteiger partial charge in [0.15, 0.2) is 11.4 Å². The zero-order chi connectivity index (χ0) is 17.0. The average molecular weight is 394 g/mol. The molecule has 3 aromatic heterocycles. The molecule has 0 saturated carbocycles. The van der Waals surface area contributed by atoms with Gasteiger partial charge in [-0.1, -0.05) is 6.07 Å². The summed E-state index contributed by atoms with van der Waals surface area (Å²) in [6, 6.07) is 5.65. The van der Waals surface area contributed by atoms with Crippen LogP contribution in [0, 0.1) is 18.6 Å². The molecule has 0 atom stereocenters. The Morgan fingerprint density at radius 2 is 2.08 bits per heavy atom. The zero-order valence-corrected chi connectivity index (χ0v) is 14.0. The van der Waals surface area contributed by atoms with Gasteiger partial charge >= 0.3 is 5.76 Å². The molecule has 4 aromatic rings. The Bertz CT molecular complexity index is 1160. The molecule has 0 aliphatic rings. The van der Waals surface area contributed by atoms with Gasteiger partial charge in [-0.15, -0.1) is 0 Å². The molecule has 0 radical (unpaired) electrons. The highest BCUT2D eigenvalue weighted by Gasteiger charge is 2.17. The van der Waals surface area contributed by atoms with Crippen molar-refractivity contribution in [2.45, 2.75) is 13.5 Å². The van der Waals surface area contributed by atoms with E-state index in [-0.39, 0.29) is 16.6 Å². The summed E-state index contributed by atoms with van der Waals surface area (Å²) in [6.07, 6.45) is 1.55. The standard InChI is InChI=1S/C16H10BrF2N3O2/c1-8-13(21-6-9(17)11(19)5-14(21)20-8)7-22-12-4-2-3-10(18)15(12)24-16(22)23/h2-6H,7H2,1H3. The molecular weight excluding hydrogens is 384 g/mol. The Hall–Kier alpha value is -2.48. The third-order valence-corrected chi connectivity index (χ3v) is 4.50. The number of imidazole rings is 1. The van der Waals surface area contributed by atoms with Crippen molar-refractivity contribution in [3.8, 4) is 0 Å². The second-order valence-electron chi connectivity index (χ2n) is 5.38. The van der Waals surface area contributed by atoms with E-state index in [1.165, 1.54) is 22.8 Å². The minimum atomic E-state index is -0.661. The summed E-state index contributed by atoms with van der Waals surface area (Å²) in [4.78, 5) is 16.4. The van der Waals surface area contributed by atoms with Crippen molar-refractivity contribution in [1.29, 1.82) is 0 Å². The molecule has 0 fully saturated rings. The van der Waals surface area contributed by atoms with E-state index < -0.39 is 17.4 Å². The molecule has 5 nitrogen and oxygen atoms in total. The normalized spacial score (nSPS) is 11.7. The van der Waals surface area contributed by atoms with Crippen molar-refractivity contribution < 1.29 is 13.2 Å². The first kappa shape index (κ1) is 15.1. The Kier molecular flexibility index (Phi) is 3.31. The van der Waals surface area contributed by atoms with Crippen LogP contribution >= 0.6 is 15.9 Å². The summed E-state index contributed by atoms with van der Waals surface area (Å²) in [5, 5.41) is 0. The average Bonchev–Trinajstić information content (AvgIpc) is 3.00. The number of benzene rings is 1. The molecule has 0 spiro atoms. The minimum absolute atomic E-state index is 0.0822. The summed E-state index contributed by atoms with van der Waals surface area (Å²) in [7, 11) is 0. The maximum Gasteiger partial charge on any atom is 0.420 e. The van der Waals surface area contributed by atoms with Crippen LogP contribution in [0.5, 0.6) is 0 Å². The zero-order valence-electron chi connectivity index (χ0n) is 12.4. The van der Waals surface area contributed by atoms with Gasteiger partial charge in [0.1, 0.15) is 11.5 Å². The molecule has 0 aliphatic carbocycles. The lowest BCUT2D eigenvalue weighted by Crippen LogP contribution is -2.16. The van der Waals surface area contributed by atoms with E-state index in [9.17, 15) is 13.6 Å². The van der Waals surface area contributed by atoms with Crippen LogP contribution < -0.4 is 5.76 Å². The predicted octanol–water partition coefficient (Wildman–Crippen LogP) is 3.64. The summed E-state index contributed by atoms with van der Waals surface area (Å²) < 4.78 is 35.7. The van der Waals surface area contributed by atoms with Crippen LogP contribution in [0.15, 0.2) is 44.1 Å². The van der Waals surface area contributed by atoms with Gasteiger partial charge in [0.2, 0.25) is 0 Å². The van der Waals surface area contributed by atoms with E-state index in [4.69, 9.17) is 4.42 Å². The number of aromatic nitrogens is 3. The number of hydrogen-bond donors (Lipinski definition) is 0. The first-order valence-corrected chi connectivity index (χ1v) is 7.85. The molecule has 3 heterocycles. The van der Waals surface area contributed by atoms with Gasteiger partial charge in [-0.25, -0.2) is 18.6 Å². The Morgan fingerprint density at radius 3 is 2.88 bits per heavy atom. The number of para-hydroxylation sites is 1. The van der Waals surface area contributed by atoms with Gasteiger partial charge in [0.25, 0.3) is 0 Å². The Labute approximate surface area is 142 Å². The van der Waals surface area contributed by atoms with Crippen molar-refractivity contribution in [2.75, 3.05) is 0 Å². The van der Waals surface area contributed by atoms with Crippen LogP contribution in [0.1, 0.15) is 11.4 Å². The van der Waals surface area contributed by atoms with Crippen molar-refractivity contribution >= 4 is 32.7 Å². The predicted molar refractivity (Wildman–Crippen MR) is 87.1 cm³/mol. The molecule has 0 N–H and O–H groups in total. The molecule has 0 saturated heterocycles. The Morgan fingerprint density at radius 1 is 1.29 bits per heavy atom. The number of fused-ring (bicyclic) bond motifs is 2. The van der Waals surface area contributed by atoms with E-state index in [0.717, 1.165) is 0 Å². The van der Waals surface area contributed by atoms with Crippen LogP contribution in [0.4, 0.5) is 8.78 Å². The van der Waals surface area contributed by atoms with Crippen LogP contribution in [0.2, 0.25) is 0 Å². The molecule has 0 unspecified atom stereocenters. The fourth-order valence-corrected chi connectivity index (χ4v) is 3.07. The molecule has 8 heteroatoms. The van der Waals surface area contributed by atoms with E-state index in [1.54, 1.807) is 23.6 Å². The van der Waals surface area contributed by atoms with Crippen molar-refractivity contribution in [2.24, 2.45) is 0 Å². The fraction of sp³-hybridized carbons (Fsp3) is 0.125. The lowest BCUT2D eigenvalue weighted by Gasteiger charge is -2.05.